The minimum absolute atomic E-state index is 0.123. The average molecular weight is 362 g/mol. The molecule has 0 unspecified atom stereocenters. The molecule has 3 aromatic rings. The monoisotopic (exact) mass is 362 g/mol. The van der Waals surface area contributed by atoms with Crippen molar-refractivity contribution in [3.63, 3.8) is 0 Å². The molecular formula is C21H22N4O2. The van der Waals surface area contributed by atoms with Crippen LogP contribution in [0.2, 0.25) is 0 Å². The maximum absolute atomic E-state index is 12.3. The summed E-state index contributed by atoms with van der Waals surface area (Å²) in [6.45, 7) is 6.08. The summed E-state index contributed by atoms with van der Waals surface area (Å²) >= 11 is 0. The molecule has 2 aromatic carbocycles. The Morgan fingerprint density at radius 1 is 0.852 bits per heavy atom. The second kappa shape index (κ2) is 7.86. The first-order valence-electron chi connectivity index (χ1n) is 8.65. The van der Waals surface area contributed by atoms with Crippen molar-refractivity contribution in [2.75, 3.05) is 10.6 Å². The number of aromatic nitrogens is 2. The van der Waals surface area contributed by atoms with Gasteiger partial charge in [0.15, 0.2) is 5.69 Å². The lowest BCUT2D eigenvalue weighted by molar-refractivity contribution is 0.102. The molecular weight excluding hydrogens is 340 g/mol. The first kappa shape index (κ1) is 18.4. The lowest BCUT2D eigenvalue weighted by Gasteiger charge is -2.20. The van der Waals surface area contributed by atoms with Crippen molar-refractivity contribution < 1.29 is 9.53 Å². The van der Waals surface area contributed by atoms with E-state index >= 15 is 0 Å². The number of amides is 1. The minimum atomic E-state index is -0.318. The number of anilines is 2. The summed E-state index contributed by atoms with van der Waals surface area (Å²) in [5, 5.41) is 14.0. The normalized spacial score (nSPS) is 10.9. The van der Waals surface area contributed by atoms with Crippen molar-refractivity contribution in [3.8, 4) is 11.5 Å². The van der Waals surface area contributed by atoms with Gasteiger partial charge in [0, 0.05) is 11.2 Å². The molecule has 1 amide bonds. The maximum Gasteiger partial charge on any atom is 0.276 e. The second-order valence-electron chi connectivity index (χ2n) is 7.07. The molecule has 1 aromatic heterocycles. The predicted octanol–water partition coefficient (Wildman–Crippen LogP) is 4.73. The number of rotatable bonds is 5. The summed E-state index contributed by atoms with van der Waals surface area (Å²) in [5.41, 5.74) is 0.778. The van der Waals surface area contributed by atoms with Crippen LogP contribution in [0.3, 0.4) is 0 Å². The summed E-state index contributed by atoms with van der Waals surface area (Å²) in [5.74, 6) is 1.76. The van der Waals surface area contributed by atoms with Crippen LogP contribution in [-0.2, 0) is 0 Å². The number of hydrogen-bond acceptors (Lipinski definition) is 5. The summed E-state index contributed by atoms with van der Waals surface area (Å²) in [6, 6.07) is 20.0. The Morgan fingerprint density at radius 3 is 2.11 bits per heavy atom. The molecule has 0 saturated heterocycles. The number of nitrogens with zero attached hydrogens (tertiary/aromatic N) is 2. The molecule has 0 aliphatic rings. The highest BCUT2D eigenvalue weighted by Crippen LogP contribution is 2.22. The molecule has 0 saturated carbocycles. The van der Waals surface area contributed by atoms with Crippen LogP contribution in [0.15, 0.2) is 66.7 Å². The summed E-state index contributed by atoms with van der Waals surface area (Å²) in [6.07, 6.45) is 0. The van der Waals surface area contributed by atoms with Gasteiger partial charge in [0.05, 0.1) is 0 Å². The third-order valence-electron chi connectivity index (χ3n) is 3.49. The van der Waals surface area contributed by atoms with Gasteiger partial charge in [0.1, 0.15) is 17.3 Å². The summed E-state index contributed by atoms with van der Waals surface area (Å²) in [7, 11) is 0. The standard InChI is InChI=1S/C21H22N4O2/c1-21(2,3)23-19-14-13-18(24-25-19)20(26)22-15-9-11-17(12-10-15)27-16-7-5-4-6-8-16/h4-14H,1-3H3,(H,22,26)(H,23,25). The summed E-state index contributed by atoms with van der Waals surface area (Å²) < 4.78 is 5.73. The smallest absolute Gasteiger partial charge is 0.276 e. The fraction of sp³-hybridized carbons (Fsp3) is 0.190. The second-order valence-corrected chi connectivity index (χ2v) is 7.07. The number of carbonyl (C=O) groups excluding carboxylic acids is 1. The van der Waals surface area contributed by atoms with Gasteiger partial charge in [-0.15, -0.1) is 10.2 Å². The van der Waals surface area contributed by atoms with Crippen LogP contribution in [0.25, 0.3) is 0 Å². The highest BCUT2D eigenvalue weighted by molar-refractivity contribution is 6.02. The SMILES string of the molecule is CC(C)(C)Nc1ccc(C(=O)Nc2ccc(Oc3ccccc3)cc2)nn1. The maximum atomic E-state index is 12.3. The van der Waals surface area contributed by atoms with Crippen LogP contribution in [-0.4, -0.2) is 21.6 Å². The van der Waals surface area contributed by atoms with E-state index in [4.69, 9.17) is 4.74 Å². The van der Waals surface area contributed by atoms with E-state index in [1.54, 1.807) is 36.4 Å². The number of carbonyl (C=O) groups is 1. The molecule has 0 atom stereocenters. The number of nitrogens with one attached hydrogen (secondary N) is 2. The van der Waals surface area contributed by atoms with E-state index in [-0.39, 0.29) is 17.1 Å². The molecule has 0 spiro atoms. The lowest BCUT2D eigenvalue weighted by atomic mass is 10.1. The largest absolute Gasteiger partial charge is 0.457 e. The van der Waals surface area contributed by atoms with Crippen LogP contribution in [0.5, 0.6) is 11.5 Å². The third kappa shape index (κ3) is 5.54. The zero-order valence-corrected chi connectivity index (χ0v) is 15.6. The molecule has 2 N–H and O–H groups in total. The Bertz CT molecular complexity index is 886. The van der Waals surface area contributed by atoms with Gasteiger partial charge in [-0.3, -0.25) is 4.79 Å². The van der Waals surface area contributed by atoms with E-state index in [1.807, 2.05) is 51.1 Å². The van der Waals surface area contributed by atoms with Gasteiger partial charge < -0.3 is 15.4 Å². The Balaban J connectivity index is 1.60. The van der Waals surface area contributed by atoms with Crippen molar-refractivity contribution in [1.82, 2.24) is 10.2 Å². The van der Waals surface area contributed by atoms with Gasteiger partial charge in [-0.05, 0) is 69.3 Å². The van der Waals surface area contributed by atoms with Crippen molar-refractivity contribution in [3.05, 3.63) is 72.4 Å². The van der Waals surface area contributed by atoms with E-state index in [0.717, 1.165) is 5.75 Å². The number of hydrogen-bond donors (Lipinski definition) is 2. The van der Waals surface area contributed by atoms with Gasteiger partial charge in [0.25, 0.3) is 5.91 Å². The molecule has 27 heavy (non-hydrogen) atoms. The average Bonchev–Trinajstić information content (AvgIpc) is 2.63. The molecule has 0 bridgehead atoms. The fourth-order valence-electron chi connectivity index (χ4n) is 2.33. The molecule has 0 radical (unpaired) electrons. The number of ether oxygens (including phenoxy) is 1. The highest BCUT2D eigenvalue weighted by atomic mass is 16.5. The molecule has 0 aliphatic carbocycles. The molecule has 1 heterocycles. The number of para-hydroxylation sites is 1. The highest BCUT2D eigenvalue weighted by Gasteiger charge is 2.12. The van der Waals surface area contributed by atoms with E-state index < -0.39 is 0 Å². The third-order valence-corrected chi connectivity index (χ3v) is 3.49. The molecule has 6 heteroatoms. The van der Waals surface area contributed by atoms with Gasteiger partial charge in [0.2, 0.25) is 0 Å². The van der Waals surface area contributed by atoms with E-state index in [9.17, 15) is 4.79 Å². The Hall–Kier alpha value is -3.41. The van der Waals surface area contributed by atoms with Crippen molar-refractivity contribution >= 4 is 17.4 Å². The quantitative estimate of drug-likeness (QED) is 0.686. The zero-order valence-electron chi connectivity index (χ0n) is 15.6. The first-order valence-corrected chi connectivity index (χ1v) is 8.65. The van der Waals surface area contributed by atoms with Crippen molar-refractivity contribution in [1.29, 1.82) is 0 Å². The lowest BCUT2D eigenvalue weighted by Crippen LogP contribution is -2.27. The zero-order chi connectivity index (χ0) is 19.3. The Labute approximate surface area is 158 Å². The summed E-state index contributed by atoms with van der Waals surface area (Å²) in [4.78, 5) is 12.3. The van der Waals surface area contributed by atoms with Gasteiger partial charge in [-0.2, -0.15) is 0 Å². The predicted molar refractivity (Wildman–Crippen MR) is 106 cm³/mol. The van der Waals surface area contributed by atoms with E-state index in [1.165, 1.54) is 0 Å². The topological polar surface area (TPSA) is 76.1 Å². The Morgan fingerprint density at radius 2 is 1.52 bits per heavy atom. The van der Waals surface area contributed by atoms with Crippen molar-refractivity contribution in [2.24, 2.45) is 0 Å². The molecule has 138 valence electrons. The van der Waals surface area contributed by atoms with E-state index in [0.29, 0.717) is 17.3 Å². The van der Waals surface area contributed by atoms with Crippen LogP contribution in [0, 0.1) is 0 Å². The minimum Gasteiger partial charge on any atom is -0.457 e. The molecule has 0 aliphatic heterocycles. The van der Waals surface area contributed by atoms with Gasteiger partial charge >= 0.3 is 0 Å². The Kier molecular flexibility index (Phi) is 5.35. The van der Waals surface area contributed by atoms with E-state index in [2.05, 4.69) is 20.8 Å². The first-order chi connectivity index (χ1) is 12.9. The van der Waals surface area contributed by atoms with Crippen molar-refractivity contribution in [2.45, 2.75) is 26.3 Å². The number of benzene rings is 2. The van der Waals surface area contributed by atoms with Crippen LogP contribution in [0.4, 0.5) is 11.5 Å². The van der Waals surface area contributed by atoms with Crippen LogP contribution >= 0.6 is 0 Å². The molecule has 3 rings (SSSR count). The molecule has 0 fully saturated rings. The van der Waals surface area contributed by atoms with Gasteiger partial charge in [-0.25, -0.2) is 0 Å². The fourth-order valence-corrected chi connectivity index (χ4v) is 2.33. The van der Waals surface area contributed by atoms with Gasteiger partial charge in [-0.1, -0.05) is 18.2 Å². The van der Waals surface area contributed by atoms with Crippen LogP contribution < -0.4 is 15.4 Å². The van der Waals surface area contributed by atoms with Crippen LogP contribution in [0.1, 0.15) is 31.3 Å². The molecule has 6 nitrogen and oxygen atoms in total.